The number of carbonyl (C=O) groups excluding carboxylic acids is 1. The number of hydrogen-bond donors (Lipinski definition) is 1. The zero-order valence-electron chi connectivity index (χ0n) is 17.9. The number of fused-ring (bicyclic) bond motifs is 3. The molecule has 158 valence electrons. The molecule has 1 amide bonds. The zero-order chi connectivity index (χ0) is 21.0. The molecule has 0 bridgehead atoms. The van der Waals surface area contributed by atoms with Crippen LogP contribution in [0.3, 0.4) is 0 Å². The molecule has 4 heteroatoms. The van der Waals surface area contributed by atoms with Crippen LogP contribution in [0.25, 0.3) is 11.3 Å². The Morgan fingerprint density at radius 3 is 2.52 bits per heavy atom. The average molecular weight is 412 g/mol. The molecule has 1 saturated carbocycles. The van der Waals surface area contributed by atoms with Crippen molar-refractivity contribution in [3.63, 3.8) is 0 Å². The molecular formula is C27H29N3O. The Bertz CT molecular complexity index is 1070. The molecule has 2 aliphatic rings. The van der Waals surface area contributed by atoms with E-state index in [0.717, 1.165) is 41.9 Å². The molecule has 2 aliphatic carbocycles. The van der Waals surface area contributed by atoms with E-state index in [9.17, 15) is 4.79 Å². The molecular weight excluding hydrogens is 382 g/mol. The van der Waals surface area contributed by atoms with E-state index in [-0.39, 0.29) is 5.91 Å². The summed E-state index contributed by atoms with van der Waals surface area (Å²) in [5, 5.41) is 3.11. The molecule has 5 rings (SSSR count). The van der Waals surface area contributed by atoms with Crippen molar-refractivity contribution >= 4 is 11.7 Å². The molecule has 0 aliphatic heterocycles. The largest absolute Gasteiger partial charge is 0.309 e. The van der Waals surface area contributed by atoms with Crippen molar-refractivity contribution in [2.75, 3.05) is 5.32 Å². The maximum absolute atomic E-state index is 12.8. The summed E-state index contributed by atoms with van der Waals surface area (Å²) in [5.41, 5.74) is 6.50. The molecule has 0 unspecified atom stereocenters. The number of carbonyl (C=O) groups is 1. The Morgan fingerprint density at radius 2 is 1.68 bits per heavy atom. The fourth-order valence-corrected chi connectivity index (χ4v) is 4.98. The quantitative estimate of drug-likeness (QED) is 0.599. The lowest BCUT2D eigenvalue weighted by Crippen LogP contribution is -2.21. The fraction of sp³-hybridized carbons (Fsp3) is 0.370. The minimum atomic E-state index is -0.0263. The second-order valence-electron chi connectivity index (χ2n) is 8.89. The van der Waals surface area contributed by atoms with Gasteiger partial charge in [0.05, 0.1) is 23.5 Å². The average Bonchev–Trinajstić information content (AvgIpc) is 2.81. The molecule has 1 fully saturated rings. The smallest absolute Gasteiger partial charge is 0.229 e. The number of anilines is 1. The number of benzene rings is 2. The number of amides is 1. The summed E-state index contributed by atoms with van der Waals surface area (Å²) in [4.78, 5) is 22.9. The van der Waals surface area contributed by atoms with Crippen LogP contribution in [0.1, 0.15) is 54.6 Å². The molecule has 0 spiro atoms. The van der Waals surface area contributed by atoms with Crippen LogP contribution in [0.15, 0.2) is 54.6 Å². The normalized spacial score (nSPS) is 15.7. The van der Waals surface area contributed by atoms with Gasteiger partial charge in [0.15, 0.2) is 5.82 Å². The predicted molar refractivity (Wildman–Crippen MR) is 124 cm³/mol. The molecule has 1 N–H and O–H groups in total. The van der Waals surface area contributed by atoms with Gasteiger partial charge in [-0.2, -0.15) is 0 Å². The fourth-order valence-electron chi connectivity index (χ4n) is 4.98. The van der Waals surface area contributed by atoms with Crippen LogP contribution in [0.2, 0.25) is 0 Å². The Labute approximate surface area is 184 Å². The van der Waals surface area contributed by atoms with Gasteiger partial charge >= 0.3 is 0 Å². The summed E-state index contributed by atoms with van der Waals surface area (Å²) < 4.78 is 0. The van der Waals surface area contributed by atoms with Gasteiger partial charge < -0.3 is 5.32 Å². The van der Waals surface area contributed by atoms with Crippen LogP contribution in [-0.2, 0) is 30.5 Å². The van der Waals surface area contributed by atoms with Gasteiger partial charge in [0, 0.05) is 5.56 Å². The standard InChI is InChI=1S/C27H29N3O/c31-25(18-20-11-5-2-6-12-20)30-27-24(17-19-9-3-1-4-10-19)28-26-22-14-8-7-13-21(22)15-16-23(26)29-27/h2,5-8,11-14,19H,1,3-4,9-10,15-18H2,(H,29,30,31). The highest BCUT2D eigenvalue weighted by Gasteiger charge is 2.24. The van der Waals surface area contributed by atoms with Gasteiger partial charge in [-0.3, -0.25) is 4.79 Å². The highest BCUT2D eigenvalue weighted by atomic mass is 16.1. The van der Waals surface area contributed by atoms with Gasteiger partial charge in [0.25, 0.3) is 0 Å². The SMILES string of the molecule is O=C(Cc1ccccc1)Nc1nc2c(nc1CC1CCCCC1)-c1ccccc1CC2. The number of rotatable bonds is 5. The van der Waals surface area contributed by atoms with Gasteiger partial charge in [0.1, 0.15) is 0 Å². The van der Waals surface area contributed by atoms with Gasteiger partial charge in [0.2, 0.25) is 5.91 Å². The van der Waals surface area contributed by atoms with Crippen LogP contribution in [0.4, 0.5) is 5.82 Å². The summed E-state index contributed by atoms with van der Waals surface area (Å²) in [6.45, 7) is 0. The van der Waals surface area contributed by atoms with Crippen molar-refractivity contribution in [1.82, 2.24) is 9.97 Å². The lowest BCUT2D eigenvalue weighted by atomic mass is 9.85. The summed E-state index contributed by atoms with van der Waals surface area (Å²) in [5.74, 6) is 1.27. The minimum Gasteiger partial charge on any atom is -0.309 e. The molecule has 3 aromatic rings. The Kier molecular flexibility index (Phi) is 5.79. The topological polar surface area (TPSA) is 54.9 Å². The minimum absolute atomic E-state index is 0.0263. The number of aromatic nitrogens is 2. The summed E-state index contributed by atoms with van der Waals surface area (Å²) in [6, 6.07) is 18.4. The van der Waals surface area contributed by atoms with E-state index in [1.165, 1.54) is 43.2 Å². The third kappa shape index (κ3) is 4.53. The van der Waals surface area contributed by atoms with Crippen LogP contribution < -0.4 is 5.32 Å². The van der Waals surface area contributed by atoms with E-state index >= 15 is 0 Å². The Morgan fingerprint density at radius 1 is 0.903 bits per heavy atom. The summed E-state index contributed by atoms with van der Waals surface area (Å²) in [7, 11) is 0. The molecule has 1 aromatic heterocycles. The van der Waals surface area contributed by atoms with Crippen molar-refractivity contribution < 1.29 is 4.79 Å². The van der Waals surface area contributed by atoms with Crippen LogP contribution in [-0.4, -0.2) is 15.9 Å². The van der Waals surface area contributed by atoms with E-state index in [0.29, 0.717) is 18.2 Å². The molecule has 31 heavy (non-hydrogen) atoms. The highest BCUT2D eigenvalue weighted by molar-refractivity contribution is 5.92. The van der Waals surface area contributed by atoms with E-state index in [4.69, 9.17) is 9.97 Å². The molecule has 0 saturated heterocycles. The van der Waals surface area contributed by atoms with Crippen molar-refractivity contribution in [1.29, 1.82) is 0 Å². The lowest BCUT2D eigenvalue weighted by Gasteiger charge is -2.24. The monoisotopic (exact) mass is 411 g/mol. The number of hydrogen-bond acceptors (Lipinski definition) is 3. The van der Waals surface area contributed by atoms with E-state index in [1.807, 2.05) is 30.3 Å². The third-order valence-electron chi connectivity index (χ3n) is 6.62. The first kappa shape index (κ1) is 19.9. The van der Waals surface area contributed by atoms with Crippen molar-refractivity contribution in [3.05, 3.63) is 77.1 Å². The summed E-state index contributed by atoms with van der Waals surface area (Å²) in [6.07, 6.45) is 9.49. The number of aryl methyl sites for hydroxylation is 2. The predicted octanol–water partition coefficient (Wildman–Crippen LogP) is 5.55. The first-order chi connectivity index (χ1) is 15.3. The highest BCUT2D eigenvalue weighted by Crippen LogP contribution is 2.34. The maximum atomic E-state index is 12.8. The Hall–Kier alpha value is -3.01. The third-order valence-corrected chi connectivity index (χ3v) is 6.62. The van der Waals surface area contributed by atoms with Crippen LogP contribution >= 0.6 is 0 Å². The van der Waals surface area contributed by atoms with Gasteiger partial charge in [-0.1, -0.05) is 86.7 Å². The number of nitrogens with zero attached hydrogens (tertiary/aromatic N) is 2. The van der Waals surface area contributed by atoms with Gasteiger partial charge in [-0.05, 0) is 36.3 Å². The Balaban J connectivity index is 1.46. The molecule has 0 radical (unpaired) electrons. The first-order valence-corrected chi connectivity index (χ1v) is 11.6. The molecule has 1 heterocycles. The summed E-state index contributed by atoms with van der Waals surface area (Å²) >= 11 is 0. The second kappa shape index (κ2) is 9.01. The van der Waals surface area contributed by atoms with E-state index in [2.05, 4.69) is 29.6 Å². The van der Waals surface area contributed by atoms with Crippen molar-refractivity contribution in [2.45, 2.75) is 57.8 Å². The molecule has 2 aromatic carbocycles. The zero-order valence-corrected chi connectivity index (χ0v) is 17.9. The first-order valence-electron chi connectivity index (χ1n) is 11.6. The van der Waals surface area contributed by atoms with E-state index in [1.54, 1.807) is 0 Å². The lowest BCUT2D eigenvalue weighted by molar-refractivity contribution is -0.115. The molecule has 0 atom stereocenters. The van der Waals surface area contributed by atoms with Gasteiger partial charge in [-0.25, -0.2) is 9.97 Å². The van der Waals surface area contributed by atoms with Crippen molar-refractivity contribution in [2.24, 2.45) is 5.92 Å². The van der Waals surface area contributed by atoms with Crippen LogP contribution in [0.5, 0.6) is 0 Å². The van der Waals surface area contributed by atoms with Gasteiger partial charge in [-0.15, -0.1) is 0 Å². The van der Waals surface area contributed by atoms with Crippen molar-refractivity contribution in [3.8, 4) is 11.3 Å². The second-order valence-corrected chi connectivity index (χ2v) is 8.89. The van der Waals surface area contributed by atoms with E-state index < -0.39 is 0 Å². The maximum Gasteiger partial charge on any atom is 0.229 e. The molecule has 4 nitrogen and oxygen atoms in total. The number of nitrogens with one attached hydrogen (secondary N) is 1. The van der Waals surface area contributed by atoms with Crippen LogP contribution in [0, 0.1) is 5.92 Å².